The van der Waals surface area contributed by atoms with Crippen molar-refractivity contribution in [2.24, 2.45) is 0 Å². The van der Waals surface area contributed by atoms with Crippen LogP contribution in [0, 0.1) is 0 Å². The molecule has 1 atom stereocenters. The van der Waals surface area contributed by atoms with Crippen LogP contribution in [0.25, 0.3) is 16.6 Å². The zero-order valence-electron chi connectivity index (χ0n) is 20.0. The molecule has 0 spiro atoms. The summed E-state index contributed by atoms with van der Waals surface area (Å²) >= 11 is 7.49. The van der Waals surface area contributed by atoms with Crippen LogP contribution in [0.2, 0.25) is 5.02 Å². The number of anilines is 1. The molecule has 1 N–H and O–H groups in total. The molecule has 4 aromatic rings. The number of hydrogen-bond acceptors (Lipinski definition) is 9. The van der Waals surface area contributed by atoms with Crippen molar-refractivity contribution in [3.8, 4) is 11.5 Å². The number of nitrogens with zero attached hydrogens (tertiary/aromatic N) is 3. The number of aliphatic hydroxyl groups is 1. The monoisotopic (exact) mass is 535 g/mol. The first kappa shape index (κ1) is 23.7. The molecule has 0 saturated carbocycles. The first-order valence-corrected chi connectivity index (χ1v) is 12.7. The smallest absolute Gasteiger partial charge is 0.342 e. The highest BCUT2D eigenvalue weighted by Gasteiger charge is 2.48. The summed E-state index contributed by atoms with van der Waals surface area (Å²) in [5, 5.41) is 12.3. The summed E-state index contributed by atoms with van der Waals surface area (Å²) < 4.78 is 25.3. The summed E-state index contributed by atoms with van der Waals surface area (Å²) in [6, 6.07) is 16.1. The topological polar surface area (TPSA) is 94.0 Å². The van der Waals surface area contributed by atoms with Gasteiger partial charge in [0.1, 0.15) is 29.1 Å². The summed E-state index contributed by atoms with van der Waals surface area (Å²) in [6.07, 6.45) is 0.246. The number of benzene rings is 3. The van der Waals surface area contributed by atoms with Gasteiger partial charge < -0.3 is 24.2 Å². The Kier molecular flexibility index (Phi) is 5.78. The zero-order valence-corrected chi connectivity index (χ0v) is 21.6. The van der Waals surface area contributed by atoms with E-state index in [0.29, 0.717) is 39.6 Å². The maximum atomic E-state index is 13.4. The maximum Gasteiger partial charge on any atom is 0.342 e. The van der Waals surface area contributed by atoms with Gasteiger partial charge in [-0.25, -0.2) is 4.79 Å². The van der Waals surface area contributed by atoms with Gasteiger partial charge >= 0.3 is 5.97 Å². The fourth-order valence-corrected chi connectivity index (χ4v) is 5.57. The van der Waals surface area contributed by atoms with Gasteiger partial charge in [-0.3, -0.25) is 0 Å². The van der Waals surface area contributed by atoms with Crippen LogP contribution in [0.4, 0.5) is 5.69 Å². The number of ether oxygens (including phenoxy) is 3. The second kappa shape index (κ2) is 9.02. The predicted octanol–water partition coefficient (Wildman–Crippen LogP) is 4.58. The standard InChI is InChI=1S/C27H22ClN3O5S/c1-31-9-10-35-24-7-3-15(12-22(24)31)11-18-25(16-4-6-20-21(13-16)30-37-29-20)26(32)36-27(18,33)17-5-8-23(34-2)19(28)14-17/h3-8,12-14,33H,9-11H2,1-2H3. The lowest BCUT2D eigenvalue weighted by molar-refractivity contribution is -0.185. The van der Waals surface area contributed by atoms with Crippen molar-refractivity contribution in [2.45, 2.75) is 12.2 Å². The van der Waals surface area contributed by atoms with Gasteiger partial charge in [0, 0.05) is 24.6 Å². The number of fused-ring (bicyclic) bond motifs is 2. The van der Waals surface area contributed by atoms with E-state index in [2.05, 4.69) is 13.6 Å². The van der Waals surface area contributed by atoms with Crippen molar-refractivity contribution >= 4 is 51.6 Å². The highest BCUT2D eigenvalue weighted by Crippen LogP contribution is 2.46. The first-order valence-electron chi connectivity index (χ1n) is 11.6. The SMILES string of the molecule is COc1ccc(C2(O)OC(=O)C(c3ccc4nsnc4c3)=C2Cc2ccc3c(c2)N(C)CCO3)cc1Cl. The Balaban J connectivity index is 1.52. The molecule has 1 unspecified atom stereocenters. The Morgan fingerprint density at radius 2 is 1.97 bits per heavy atom. The van der Waals surface area contributed by atoms with Gasteiger partial charge in [0.25, 0.3) is 5.79 Å². The second-order valence-electron chi connectivity index (χ2n) is 8.95. The lowest BCUT2D eigenvalue weighted by atomic mass is 9.87. The Labute approximate surface area is 222 Å². The molecule has 37 heavy (non-hydrogen) atoms. The van der Waals surface area contributed by atoms with Crippen LogP contribution >= 0.6 is 23.3 Å². The van der Waals surface area contributed by atoms with Crippen molar-refractivity contribution in [1.29, 1.82) is 0 Å². The molecule has 2 aliphatic rings. The average Bonchev–Trinajstić information content (AvgIpc) is 3.46. The summed E-state index contributed by atoms with van der Waals surface area (Å²) in [7, 11) is 3.51. The number of halogens is 1. The number of rotatable bonds is 5. The summed E-state index contributed by atoms with van der Waals surface area (Å²) in [5.74, 6) is -1.42. The van der Waals surface area contributed by atoms with E-state index in [-0.39, 0.29) is 12.0 Å². The van der Waals surface area contributed by atoms with Crippen LogP contribution < -0.4 is 14.4 Å². The van der Waals surface area contributed by atoms with Crippen LogP contribution in [-0.2, 0) is 21.7 Å². The number of carbonyl (C=O) groups excluding carboxylic acids is 1. The summed E-state index contributed by atoms with van der Waals surface area (Å²) in [6.45, 7) is 1.38. The summed E-state index contributed by atoms with van der Waals surface area (Å²) in [4.78, 5) is 15.5. The van der Waals surface area contributed by atoms with Crippen LogP contribution in [0.3, 0.4) is 0 Å². The molecule has 10 heteroatoms. The molecule has 6 rings (SSSR count). The van der Waals surface area contributed by atoms with Crippen molar-refractivity contribution < 1.29 is 24.1 Å². The Hall–Kier alpha value is -3.66. The van der Waals surface area contributed by atoms with E-state index in [1.54, 1.807) is 36.4 Å². The van der Waals surface area contributed by atoms with Crippen LogP contribution in [0.1, 0.15) is 16.7 Å². The second-order valence-corrected chi connectivity index (χ2v) is 9.89. The molecule has 0 saturated heterocycles. The van der Waals surface area contributed by atoms with Gasteiger partial charge in [-0.15, -0.1) is 0 Å². The lowest BCUT2D eigenvalue weighted by Gasteiger charge is -2.29. The van der Waals surface area contributed by atoms with Gasteiger partial charge in [-0.2, -0.15) is 8.75 Å². The van der Waals surface area contributed by atoms with Gasteiger partial charge in [-0.1, -0.05) is 23.7 Å². The van der Waals surface area contributed by atoms with Crippen molar-refractivity contribution in [1.82, 2.24) is 8.75 Å². The highest BCUT2D eigenvalue weighted by atomic mass is 35.5. The van der Waals surface area contributed by atoms with E-state index >= 15 is 0 Å². The van der Waals surface area contributed by atoms with Gasteiger partial charge in [0.15, 0.2) is 0 Å². The molecule has 3 aromatic carbocycles. The van der Waals surface area contributed by atoms with E-state index in [0.717, 1.165) is 40.8 Å². The van der Waals surface area contributed by atoms with E-state index in [1.165, 1.54) is 7.11 Å². The first-order chi connectivity index (χ1) is 17.9. The van der Waals surface area contributed by atoms with Crippen LogP contribution in [0.5, 0.6) is 11.5 Å². The number of methoxy groups -OCH3 is 1. The van der Waals surface area contributed by atoms with Gasteiger partial charge in [-0.05, 0) is 53.6 Å². The average molecular weight is 536 g/mol. The third kappa shape index (κ3) is 3.99. The third-order valence-corrected chi connectivity index (χ3v) is 7.59. The van der Waals surface area contributed by atoms with E-state index < -0.39 is 11.8 Å². The number of cyclic esters (lactones) is 1. The molecule has 2 aliphatic heterocycles. The van der Waals surface area contributed by atoms with Crippen molar-refractivity contribution in [3.05, 3.63) is 81.9 Å². The molecule has 0 bridgehead atoms. The molecule has 0 amide bonds. The molecule has 0 fully saturated rings. The maximum absolute atomic E-state index is 13.4. The minimum absolute atomic E-state index is 0.246. The van der Waals surface area contributed by atoms with Crippen molar-refractivity contribution in [2.75, 3.05) is 32.2 Å². The normalized spacial score (nSPS) is 19.1. The molecule has 188 valence electrons. The van der Waals surface area contributed by atoms with Crippen molar-refractivity contribution in [3.63, 3.8) is 0 Å². The molecule has 8 nitrogen and oxygen atoms in total. The Morgan fingerprint density at radius 3 is 2.78 bits per heavy atom. The van der Waals surface area contributed by atoms with Crippen LogP contribution in [-0.4, -0.2) is 47.1 Å². The molecular formula is C27H22ClN3O5S. The Morgan fingerprint density at radius 1 is 1.14 bits per heavy atom. The molecule has 1 aromatic heterocycles. The quantitative estimate of drug-likeness (QED) is 0.371. The fraction of sp³-hybridized carbons (Fsp3) is 0.222. The van der Waals surface area contributed by atoms with E-state index in [4.69, 9.17) is 25.8 Å². The number of hydrogen-bond donors (Lipinski definition) is 1. The highest BCUT2D eigenvalue weighted by molar-refractivity contribution is 7.00. The zero-order chi connectivity index (χ0) is 25.7. The number of carbonyl (C=O) groups is 1. The predicted molar refractivity (Wildman–Crippen MR) is 141 cm³/mol. The Bertz CT molecular complexity index is 1590. The fourth-order valence-electron chi connectivity index (χ4n) is 4.80. The van der Waals surface area contributed by atoms with E-state index in [9.17, 15) is 9.90 Å². The minimum atomic E-state index is -2.03. The van der Waals surface area contributed by atoms with Gasteiger partial charge in [0.2, 0.25) is 0 Å². The molecule has 0 aliphatic carbocycles. The lowest BCUT2D eigenvalue weighted by Crippen LogP contribution is -2.30. The number of likely N-dealkylation sites (N-methyl/N-ethyl adjacent to an activating group) is 1. The molecule has 3 heterocycles. The summed E-state index contributed by atoms with van der Waals surface area (Å²) in [5.41, 5.74) is 4.83. The number of aromatic nitrogens is 2. The van der Waals surface area contributed by atoms with Gasteiger partial charge in [0.05, 0.1) is 41.7 Å². The molecular weight excluding hydrogens is 514 g/mol. The molecule has 0 radical (unpaired) electrons. The number of esters is 1. The minimum Gasteiger partial charge on any atom is -0.495 e. The largest absolute Gasteiger partial charge is 0.495 e. The van der Waals surface area contributed by atoms with Crippen LogP contribution in [0.15, 0.2) is 60.2 Å². The third-order valence-electron chi connectivity index (χ3n) is 6.74. The van der Waals surface area contributed by atoms with E-state index in [1.807, 2.05) is 25.2 Å².